The Morgan fingerprint density at radius 2 is 1.41 bits per heavy atom. The quantitative estimate of drug-likeness (QED) is 0.568. The van der Waals surface area contributed by atoms with Gasteiger partial charge < -0.3 is 0 Å². The number of carbonyl (C=O) groups is 1. The molecule has 0 spiro atoms. The molecule has 0 saturated carbocycles. The van der Waals surface area contributed by atoms with Gasteiger partial charge in [-0.05, 0) is 75.3 Å². The lowest BCUT2D eigenvalue weighted by Gasteiger charge is -2.25. The van der Waals surface area contributed by atoms with Crippen LogP contribution in [-0.2, 0) is 4.79 Å². The van der Waals surface area contributed by atoms with E-state index in [4.69, 9.17) is 0 Å². The van der Waals surface area contributed by atoms with Gasteiger partial charge in [-0.3, -0.25) is 9.69 Å². The Balaban J connectivity index is 1.91. The normalized spacial score (nSPS) is 20.2. The van der Waals surface area contributed by atoms with Crippen LogP contribution in [0.5, 0.6) is 0 Å². The molecule has 1 fully saturated rings. The van der Waals surface area contributed by atoms with Crippen LogP contribution in [0.15, 0.2) is 43.0 Å². The smallest absolute Gasteiger partial charge is 0.187 e. The topological polar surface area (TPSA) is 20.3 Å². The first-order valence-corrected chi connectivity index (χ1v) is 9.88. The summed E-state index contributed by atoms with van der Waals surface area (Å²) in [6.07, 6.45) is 4.01. The van der Waals surface area contributed by atoms with Crippen LogP contribution in [0.1, 0.15) is 9.75 Å². The van der Waals surface area contributed by atoms with Gasteiger partial charge in [0.15, 0.2) is 5.78 Å². The fourth-order valence-corrected chi connectivity index (χ4v) is 5.15. The van der Waals surface area contributed by atoms with E-state index in [0.29, 0.717) is 13.1 Å². The molecule has 3 rings (SSSR count). The van der Waals surface area contributed by atoms with Crippen LogP contribution in [0.25, 0.3) is 12.2 Å². The second kappa shape index (κ2) is 6.93. The standard InChI is InChI=1S/C16H13Br2NOS2/c1-19-8-10(6-12-2-4-14(17)21-12)16(20)11(9-19)7-13-3-5-15(18)22-13/h2-7H,8-9H2,1H3. The molecular weight excluding hydrogens is 446 g/mol. The van der Waals surface area contributed by atoms with Gasteiger partial charge in [-0.1, -0.05) is 0 Å². The molecule has 1 aliphatic heterocycles. The lowest BCUT2D eigenvalue weighted by atomic mass is 9.97. The molecule has 114 valence electrons. The predicted octanol–water partition coefficient (Wildman–Crippen LogP) is 5.32. The zero-order chi connectivity index (χ0) is 15.7. The first kappa shape index (κ1) is 16.3. The second-order valence-electron chi connectivity index (χ2n) is 5.12. The molecule has 2 aromatic rings. The highest BCUT2D eigenvalue weighted by molar-refractivity contribution is 9.11. The van der Waals surface area contributed by atoms with E-state index in [1.54, 1.807) is 22.7 Å². The number of likely N-dealkylation sites (N-methyl/N-ethyl adjacent to an activating group) is 1. The monoisotopic (exact) mass is 457 g/mol. The van der Waals surface area contributed by atoms with E-state index in [1.165, 1.54) is 0 Å². The second-order valence-corrected chi connectivity index (χ2v) is 10.1. The zero-order valence-electron chi connectivity index (χ0n) is 11.8. The summed E-state index contributed by atoms with van der Waals surface area (Å²) in [5.74, 6) is 0.159. The average Bonchev–Trinajstić information content (AvgIpc) is 3.04. The van der Waals surface area contributed by atoms with Gasteiger partial charge in [0.2, 0.25) is 0 Å². The molecule has 0 unspecified atom stereocenters. The number of hydrogen-bond donors (Lipinski definition) is 0. The summed E-state index contributed by atoms with van der Waals surface area (Å²) in [4.78, 5) is 17.1. The summed E-state index contributed by atoms with van der Waals surface area (Å²) >= 11 is 10.2. The van der Waals surface area contributed by atoms with E-state index in [-0.39, 0.29) is 5.78 Å². The number of carbonyl (C=O) groups excluding carboxylic acids is 1. The van der Waals surface area contributed by atoms with Crippen molar-refractivity contribution in [3.63, 3.8) is 0 Å². The lowest BCUT2D eigenvalue weighted by Crippen LogP contribution is -2.34. The first-order chi connectivity index (χ1) is 10.5. The Morgan fingerprint density at radius 1 is 0.955 bits per heavy atom. The molecule has 0 aliphatic carbocycles. The van der Waals surface area contributed by atoms with Gasteiger partial charge in [-0.15, -0.1) is 22.7 Å². The van der Waals surface area contributed by atoms with Crippen molar-refractivity contribution in [3.8, 4) is 0 Å². The summed E-state index contributed by atoms with van der Waals surface area (Å²) in [7, 11) is 2.04. The third kappa shape index (κ3) is 3.86. The third-order valence-corrected chi connectivity index (χ3v) is 6.43. The molecule has 2 aromatic heterocycles. The third-order valence-electron chi connectivity index (χ3n) is 3.28. The van der Waals surface area contributed by atoms with Gasteiger partial charge in [0, 0.05) is 34.0 Å². The van der Waals surface area contributed by atoms with Crippen molar-refractivity contribution in [1.82, 2.24) is 4.90 Å². The minimum absolute atomic E-state index is 0.159. The maximum atomic E-state index is 12.7. The number of likely N-dealkylation sites (tertiary alicyclic amines) is 1. The number of piperidine rings is 1. The van der Waals surface area contributed by atoms with Gasteiger partial charge in [0.1, 0.15) is 0 Å². The summed E-state index contributed by atoms with van der Waals surface area (Å²) < 4.78 is 2.16. The molecule has 0 atom stereocenters. The molecule has 3 heterocycles. The number of ketones is 1. The summed E-state index contributed by atoms with van der Waals surface area (Å²) in [6.45, 7) is 1.39. The lowest BCUT2D eigenvalue weighted by molar-refractivity contribution is -0.113. The van der Waals surface area contributed by atoms with Crippen molar-refractivity contribution < 1.29 is 4.79 Å². The van der Waals surface area contributed by atoms with Crippen molar-refractivity contribution in [2.24, 2.45) is 0 Å². The SMILES string of the molecule is CN1CC(=Cc2ccc(Br)s2)C(=O)C(=Cc2ccc(Br)s2)C1. The Kier molecular flexibility index (Phi) is 5.14. The number of rotatable bonds is 2. The van der Waals surface area contributed by atoms with Gasteiger partial charge in [-0.2, -0.15) is 0 Å². The zero-order valence-corrected chi connectivity index (χ0v) is 16.6. The molecule has 6 heteroatoms. The first-order valence-electron chi connectivity index (χ1n) is 6.66. The van der Waals surface area contributed by atoms with Crippen LogP contribution in [0.2, 0.25) is 0 Å². The van der Waals surface area contributed by atoms with Crippen molar-refractivity contribution in [3.05, 3.63) is 52.7 Å². The highest BCUT2D eigenvalue weighted by Gasteiger charge is 2.24. The van der Waals surface area contributed by atoms with Crippen LogP contribution in [-0.4, -0.2) is 30.8 Å². The Hall–Kier alpha value is -0.530. The highest BCUT2D eigenvalue weighted by Crippen LogP contribution is 2.28. The number of Topliss-reactive ketones (excluding diaryl/α,β-unsaturated/α-hetero) is 1. The molecule has 2 nitrogen and oxygen atoms in total. The number of hydrogen-bond acceptors (Lipinski definition) is 4. The van der Waals surface area contributed by atoms with Crippen LogP contribution >= 0.6 is 54.5 Å². The van der Waals surface area contributed by atoms with Crippen LogP contribution in [0.4, 0.5) is 0 Å². The Morgan fingerprint density at radius 3 is 1.77 bits per heavy atom. The average molecular weight is 459 g/mol. The van der Waals surface area contributed by atoms with E-state index < -0.39 is 0 Å². The Bertz CT molecular complexity index is 710. The summed E-state index contributed by atoms with van der Waals surface area (Å²) in [5.41, 5.74) is 1.70. The predicted molar refractivity (Wildman–Crippen MR) is 102 cm³/mol. The van der Waals surface area contributed by atoms with Gasteiger partial charge in [-0.25, -0.2) is 0 Å². The molecule has 1 saturated heterocycles. The molecular formula is C16H13Br2NOS2. The summed E-state index contributed by atoms with van der Waals surface area (Å²) in [5, 5.41) is 0. The number of thiophene rings is 2. The molecule has 0 aromatic carbocycles. The molecule has 0 radical (unpaired) electrons. The van der Waals surface area contributed by atoms with Crippen molar-refractivity contribution in [2.45, 2.75) is 0 Å². The number of halogens is 2. The van der Waals surface area contributed by atoms with E-state index in [2.05, 4.69) is 36.8 Å². The van der Waals surface area contributed by atoms with Gasteiger partial charge in [0.25, 0.3) is 0 Å². The van der Waals surface area contributed by atoms with Crippen molar-refractivity contribution in [1.29, 1.82) is 0 Å². The van der Waals surface area contributed by atoms with Gasteiger partial charge in [0.05, 0.1) is 7.57 Å². The van der Waals surface area contributed by atoms with Crippen LogP contribution in [0.3, 0.4) is 0 Å². The maximum absolute atomic E-state index is 12.7. The van der Waals surface area contributed by atoms with E-state index in [0.717, 1.165) is 28.5 Å². The van der Waals surface area contributed by atoms with E-state index in [9.17, 15) is 4.79 Å². The molecule has 0 bridgehead atoms. The van der Waals surface area contributed by atoms with Crippen LogP contribution in [0, 0.1) is 0 Å². The van der Waals surface area contributed by atoms with E-state index >= 15 is 0 Å². The largest absolute Gasteiger partial charge is 0.298 e. The summed E-state index contributed by atoms with van der Waals surface area (Å²) in [6, 6.07) is 8.08. The van der Waals surface area contributed by atoms with Crippen molar-refractivity contribution >= 4 is 72.5 Å². The van der Waals surface area contributed by atoms with E-state index in [1.807, 2.05) is 43.5 Å². The molecule has 1 aliphatic rings. The highest BCUT2D eigenvalue weighted by atomic mass is 79.9. The molecule has 0 amide bonds. The molecule has 22 heavy (non-hydrogen) atoms. The minimum atomic E-state index is 0.159. The van der Waals surface area contributed by atoms with Crippen LogP contribution < -0.4 is 0 Å². The van der Waals surface area contributed by atoms with Gasteiger partial charge >= 0.3 is 0 Å². The fraction of sp³-hybridized carbons (Fsp3) is 0.188. The maximum Gasteiger partial charge on any atom is 0.187 e. The number of nitrogens with zero attached hydrogens (tertiary/aromatic N) is 1. The minimum Gasteiger partial charge on any atom is -0.298 e. The van der Waals surface area contributed by atoms with Crippen molar-refractivity contribution in [2.75, 3.05) is 20.1 Å². The fourth-order valence-electron chi connectivity index (χ4n) is 2.36. The Labute approximate surface area is 154 Å². The molecule has 0 N–H and O–H groups in total.